The summed E-state index contributed by atoms with van der Waals surface area (Å²) in [7, 11) is 1.37. The molecule has 0 aliphatic carbocycles. The van der Waals surface area contributed by atoms with Gasteiger partial charge in [-0.25, -0.2) is 0 Å². The van der Waals surface area contributed by atoms with Gasteiger partial charge in [0, 0.05) is 7.11 Å². The Hall–Kier alpha value is -0.320. The van der Waals surface area contributed by atoms with Crippen LogP contribution in [-0.4, -0.2) is 88.8 Å². The second kappa shape index (κ2) is 7.06. The van der Waals surface area contributed by atoms with Crippen LogP contribution in [0.2, 0.25) is 0 Å². The molecule has 9 unspecified atom stereocenters. The number of aliphatic hydroxyl groups excluding tert-OH is 4. The number of ether oxygens (including phenoxy) is 4. The van der Waals surface area contributed by atoms with E-state index in [1.54, 1.807) is 20.8 Å². The highest BCUT2D eigenvalue weighted by atomic mass is 16.7. The molecule has 8 nitrogen and oxygen atoms in total. The van der Waals surface area contributed by atoms with E-state index in [0.29, 0.717) is 0 Å². The molecule has 22 heavy (non-hydrogen) atoms. The van der Waals surface area contributed by atoms with Gasteiger partial charge in [-0.1, -0.05) is 0 Å². The first-order chi connectivity index (χ1) is 10.3. The summed E-state index contributed by atoms with van der Waals surface area (Å²) in [5.41, 5.74) is 0. The van der Waals surface area contributed by atoms with Gasteiger partial charge in [-0.15, -0.1) is 0 Å². The van der Waals surface area contributed by atoms with Crippen molar-refractivity contribution in [2.75, 3.05) is 7.11 Å². The van der Waals surface area contributed by atoms with Crippen LogP contribution in [0.3, 0.4) is 0 Å². The van der Waals surface area contributed by atoms with E-state index in [1.807, 2.05) is 0 Å². The van der Waals surface area contributed by atoms with Crippen LogP contribution < -0.4 is 0 Å². The van der Waals surface area contributed by atoms with Gasteiger partial charge >= 0.3 is 0 Å². The van der Waals surface area contributed by atoms with Gasteiger partial charge < -0.3 is 39.4 Å². The summed E-state index contributed by atoms with van der Waals surface area (Å²) in [6.45, 7) is 4.98. The molecule has 0 amide bonds. The second-order valence-corrected chi connectivity index (χ2v) is 6.02. The van der Waals surface area contributed by atoms with Crippen molar-refractivity contribution < 1.29 is 39.4 Å². The highest BCUT2D eigenvalue weighted by molar-refractivity contribution is 4.93. The van der Waals surface area contributed by atoms with E-state index in [1.165, 1.54) is 7.11 Å². The number of hydrogen-bond acceptors (Lipinski definition) is 8. The molecule has 4 N–H and O–H groups in total. The van der Waals surface area contributed by atoms with E-state index < -0.39 is 61.2 Å². The summed E-state index contributed by atoms with van der Waals surface area (Å²) in [5, 5.41) is 40.0. The highest BCUT2D eigenvalue weighted by Crippen LogP contribution is 2.29. The predicted octanol–water partition coefficient (Wildman–Crippen LogP) is -1.62. The molecule has 0 aromatic heterocycles. The Kier molecular flexibility index (Phi) is 5.79. The van der Waals surface area contributed by atoms with E-state index in [4.69, 9.17) is 18.9 Å². The van der Waals surface area contributed by atoms with Crippen molar-refractivity contribution in [3.8, 4) is 0 Å². The van der Waals surface area contributed by atoms with Crippen molar-refractivity contribution in [2.45, 2.75) is 82.0 Å². The third-order valence-electron chi connectivity index (χ3n) is 4.41. The molecule has 2 fully saturated rings. The Labute approximate surface area is 129 Å². The summed E-state index contributed by atoms with van der Waals surface area (Å²) in [6, 6.07) is 0. The van der Waals surface area contributed by atoms with Gasteiger partial charge in [0.15, 0.2) is 6.29 Å². The van der Waals surface area contributed by atoms with Crippen molar-refractivity contribution in [1.82, 2.24) is 0 Å². The summed E-state index contributed by atoms with van der Waals surface area (Å²) in [6.07, 6.45) is -8.92. The quantitative estimate of drug-likeness (QED) is 0.490. The molecule has 10 atom stereocenters. The fourth-order valence-electron chi connectivity index (χ4n) is 2.95. The first-order valence-electron chi connectivity index (χ1n) is 7.49. The lowest BCUT2D eigenvalue weighted by atomic mass is 9.95. The van der Waals surface area contributed by atoms with E-state index >= 15 is 0 Å². The third kappa shape index (κ3) is 3.29. The fourth-order valence-corrected chi connectivity index (χ4v) is 2.95. The maximum Gasteiger partial charge on any atom is 0.187 e. The molecule has 2 aliphatic heterocycles. The zero-order valence-corrected chi connectivity index (χ0v) is 13.2. The molecule has 130 valence electrons. The van der Waals surface area contributed by atoms with Gasteiger partial charge in [-0.3, -0.25) is 0 Å². The zero-order valence-electron chi connectivity index (χ0n) is 13.2. The lowest BCUT2D eigenvalue weighted by Gasteiger charge is -2.45. The van der Waals surface area contributed by atoms with E-state index in [2.05, 4.69) is 0 Å². The lowest BCUT2D eigenvalue weighted by Crippen LogP contribution is -2.62. The normalized spacial score (nSPS) is 53.5. The number of methoxy groups -OCH3 is 1. The number of rotatable bonds is 3. The van der Waals surface area contributed by atoms with Gasteiger partial charge in [0.1, 0.15) is 36.6 Å². The zero-order chi connectivity index (χ0) is 16.6. The Bertz CT molecular complexity index is 367. The van der Waals surface area contributed by atoms with Crippen LogP contribution in [0.5, 0.6) is 0 Å². The minimum Gasteiger partial charge on any atom is -0.388 e. The maximum absolute atomic E-state index is 10.2. The minimum absolute atomic E-state index is 0.478. The van der Waals surface area contributed by atoms with Gasteiger partial charge in [-0.05, 0) is 20.8 Å². The van der Waals surface area contributed by atoms with Gasteiger partial charge in [0.05, 0.1) is 18.3 Å². The summed E-state index contributed by atoms with van der Waals surface area (Å²) in [5.74, 6) is 0. The fraction of sp³-hybridized carbons (Fsp3) is 1.00. The molecule has 0 aromatic rings. The van der Waals surface area contributed by atoms with Crippen molar-refractivity contribution >= 4 is 0 Å². The molecule has 2 saturated heterocycles. The molecule has 0 radical (unpaired) electrons. The molecule has 0 saturated carbocycles. The van der Waals surface area contributed by atoms with Crippen molar-refractivity contribution in [3.63, 3.8) is 0 Å². The van der Waals surface area contributed by atoms with E-state index in [0.717, 1.165) is 0 Å². The van der Waals surface area contributed by atoms with Crippen molar-refractivity contribution in [1.29, 1.82) is 0 Å². The van der Waals surface area contributed by atoms with Crippen molar-refractivity contribution in [3.05, 3.63) is 0 Å². The van der Waals surface area contributed by atoms with Crippen LogP contribution in [0.15, 0.2) is 0 Å². The van der Waals surface area contributed by atoms with Crippen LogP contribution in [-0.2, 0) is 18.9 Å². The Morgan fingerprint density at radius 3 is 1.73 bits per heavy atom. The Balaban J connectivity index is 2.10. The molecular weight excluding hydrogens is 296 g/mol. The van der Waals surface area contributed by atoms with Gasteiger partial charge in [0.2, 0.25) is 0 Å². The third-order valence-corrected chi connectivity index (χ3v) is 4.41. The monoisotopic (exact) mass is 322 g/mol. The average Bonchev–Trinajstić information content (AvgIpc) is 2.47. The predicted molar refractivity (Wildman–Crippen MR) is 74.0 cm³/mol. The number of hydrogen-bond donors (Lipinski definition) is 4. The smallest absolute Gasteiger partial charge is 0.187 e. The molecular formula is C14H26O8. The topological polar surface area (TPSA) is 118 Å². The SMILES string of the molecule is COC1C(OC2C(O)C(O)C(C)O[C@H]2C)OC(C)C(O)C1O. The first kappa shape index (κ1) is 18.0. The van der Waals surface area contributed by atoms with Crippen LogP contribution in [0.1, 0.15) is 20.8 Å². The standard InChI is InChI=1S/C14H26O8/c1-5-8(15)10(17)12(7(3)20-5)22-14-13(19-4)11(18)9(16)6(2)21-14/h5-18H,1-4H3/t5?,6?,7-,8?,9?,10?,11?,12?,13?,14?/m0/s1. The van der Waals surface area contributed by atoms with Crippen LogP contribution >= 0.6 is 0 Å². The summed E-state index contributed by atoms with van der Waals surface area (Å²) < 4.78 is 21.9. The van der Waals surface area contributed by atoms with E-state index in [9.17, 15) is 20.4 Å². The molecule has 0 bridgehead atoms. The van der Waals surface area contributed by atoms with Gasteiger partial charge in [-0.2, -0.15) is 0 Å². The molecule has 8 heteroatoms. The van der Waals surface area contributed by atoms with Crippen molar-refractivity contribution in [2.24, 2.45) is 0 Å². The largest absolute Gasteiger partial charge is 0.388 e. The molecule has 0 spiro atoms. The molecule has 2 heterocycles. The Morgan fingerprint density at radius 1 is 0.682 bits per heavy atom. The molecule has 2 aliphatic rings. The minimum atomic E-state index is -1.18. The number of aliphatic hydroxyl groups is 4. The van der Waals surface area contributed by atoms with Gasteiger partial charge in [0.25, 0.3) is 0 Å². The summed E-state index contributed by atoms with van der Waals surface area (Å²) >= 11 is 0. The lowest BCUT2D eigenvalue weighted by molar-refractivity contribution is -0.336. The summed E-state index contributed by atoms with van der Waals surface area (Å²) in [4.78, 5) is 0. The van der Waals surface area contributed by atoms with Crippen LogP contribution in [0, 0.1) is 0 Å². The second-order valence-electron chi connectivity index (χ2n) is 6.02. The molecule has 0 aromatic carbocycles. The average molecular weight is 322 g/mol. The van der Waals surface area contributed by atoms with Crippen LogP contribution in [0.25, 0.3) is 0 Å². The molecule has 2 rings (SSSR count). The highest BCUT2D eigenvalue weighted by Gasteiger charge is 2.48. The maximum atomic E-state index is 10.2. The van der Waals surface area contributed by atoms with E-state index in [-0.39, 0.29) is 0 Å². The Morgan fingerprint density at radius 2 is 1.18 bits per heavy atom. The first-order valence-corrected chi connectivity index (χ1v) is 7.49. The van der Waals surface area contributed by atoms with Crippen LogP contribution in [0.4, 0.5) is 0 Å².